The van der Waals surface area contributed by atoms with E-state index in [9.17, 15) is 9.59 Å². The highest BCUT2D eigenvalue weighted by molar-refractivity contribution is 6.00. The molecule has 1 atom stereocenters. The van der Waals surface area contributed by atoms with E-state index in [0.717, 1.165) is 11.1 Å². The second-order valence-electron chi connectivity index (χ2n) is 6.17. The van der Waals surface area contributed by atoms with Crippen LogP contribution in [-0.2, 0) is 16.0 Å². The van der Waals surface area contributed by atoms with Crippen LogP contribution >= 0.6 is 0 Å². The molecule has 0 unspecified atom stereocenters. The van der Waals surface area contributed by atoms with Crippen molar-refractivity contribution in [3.63, 3.8) is 0 Å². The summed E-state index contributed by atoms with van der Waals surface area (Å²) in [4.78, 5) is 28.5. The van der Waals surface area contributed by atoms with Crippen LogP contribution in [0.25, 0.3) is 0 Å². The lowest BCUT2D eigenvalue weighted by Crippen LogP contribution is -2.52. The molecule has 0 radical (unpaired) electrons. The molecule has 138 valence electrons. The summed E-state index contributed by atoms with van der Waals surface area (Å²) in [5, 5.41) is 4.09. The van der Waals surface area contributed by atoms with Crippen LogP contribution in [0.4, 0.5) is 0 Å². The van der Waals surface area contributed by atoms with E-state index in [-0.39, 0.29) is 18.2 Å². The number of rotatable bonds is 6. The van der Waals surface area contributed by atoms with Crippen LogP contribution < -0.4 is 16.3 Å². The van der Waals surface area contributed by atoms with Gasteiger partial charge in [0, 0.05) is 6.42 Å². The van der Waals surface area contributed by atoms with Crippen LogP contribution in [0.15, 0.2) is 70.8 Å². The Hall–Kier alpha value is -3.48. The second-order valence-corrected chi connectivity index (χ2v) is 6.17. The van der Waals surface area contributed by atoms with Gasteiger partial charge in [0.1, 0.15) is 11.9 Å². The van der Waals surface area contributed by atoms with E-state index in [1.54, 1.807) is 0 Å². The van der Waals surface area contributed by atoms with Gasteiger partial charge in [-0.05, 0) is 18.1 Å². The maximum absolute atomic E-state index is 12.2. The van der Waals surface area contributed by atoms with E-state index in [2.05, 4.69) is 26.4 Å². The molecule has 0 saturated heterocycles. The molecule has 2 aromatic rings. The molecule has 0 saturated carbocycles. The van der Waals surface area contributed by atoms with Crippen molar-refractivity contribution in [1.82, 2.24) is 16.3 Å². The lowest BCUT2D eigenvalue weighted by atomic mass is 10.1. The number of hydrogen-bond donors (Lipinski definition) is 3. The molecular formula is C20H21N5O2. The van der Waals surface area contributed by atoms with E-state index < -0.39 is 6.04 Å². The largest absolute Gasteiger partial charge is 0.285 e. The summed E-state index contributed by atoms with van der Waals surface area (Å²) in [6.45, 7) is 1.81. The number of amidine groups is 1. The van der Waals surface area contributed by atoms with E-state index in [4.69, 9.17) is 0 Å². The standard InChI is InChI=1S/C20H21N5O2/c1-14(16-10-6-3-7-11-16)22-24-19(26)13-17-20(27)25-23-18(21-17)12-15-8-4-2-5-9-15/h2-11,17H,12-13H2,1H3,(H,21,23)(H,24,26)(H,25,27)/b22-14-/t17-/m1/s1. The third kappa shape index (κ3) is 5.24. The number of amides is 2. The van der Waals surface area contributed by atoms with Crippen LogP contribution in [0, 0.1) is 0 Å². The summed E-state index contributed by atoms with van der Waals surface area (Å²) >= 11 is 0. The molecule has 7 nitrogen and oxygen atoms in total. The summed E-state index contributed by atoms with van der Waals surface area (Å²) in [6, 6.07) is 18.5. The van der Waals surface area contributed by atoms with Gasteiger partial charge in [-0.3, -0.25) is 25.4 Å². The van der Waals surface area contributed by atoms with Crippen molar-refractivity contribution in [2.45, 2.75) is 25.8 Å². The zero-order chi connectivity index (χ0) is 19.1. The van der Waals surface area contributed by atoms with Gasteiger partial charge in [0.25, 0.3) is 5.91 Å². The predicted molar refractivity (Wildman–Crippen MR) is 104 cm³/mol. The average Bonchev–Trinajstić information content (AvgIpc) is 2.70. The Labute approximate surface area is 157 Å². The van der Waals surface area contributed by atoms with Crippen molar-refractivity contribution in [1.29, 1.82) is 0 Å². The molecule has 2 amide bonds. The predicted octanol–water partition coefficient (Wildman–Crippen LogP) is 1.56. The van der Waals surface area contributed by atoms with Crippen molar-refractivity contribution < 1.29 is 9.59 Å². The molecule has 2 aromatic carbocycles. The lowest BCUT2D eigenvalue weighted by molar-refractivity contribution is -0.128. The van der Waals surface area contributed by atoms with Crippen LogP contribution in [0.5, 0.6) is 0 Å². The topological polar surface area (TPSA) is 94.9 Å². The number of hydrazone groups is 1. The highest BCUT2D eigenvalue weighted by Crippen LogP contribution is 2.07. The van der Waals surface area contributed by atoms with Gasteiger partial charge in [-0.1, -0.05) is 60.7 Å². The van der Waals surface area contributed by atoms with Crippen molar-refractivity contribution in [2.24, 2.45) is 10.1 Å². The monoisotopic (exact) mass is 363 g/mol. The maximum Gasteiger partial charge on any atom is 0.263 e. The first kappa shape index (κ1) is 18.3. The smallest absolute Gasteiger partial charge is 0.263 e. The number of nitrogens with zero attached hydrogens (tertiary/aromatic N) is 2. The quantitative estimate of drug-likeness (QED) is 0.537. The van der Waals surface area contributed by atoms with Crippen LogP contribution in [0.2, 0.25) is 0 Å². The number of carbonyl (C=O) groups excluding carboxylic acids is 2. The first-order chi connectivity index (χ1) is 13.1. The van der Waals surface area contributed by atoms with Gasteiger partial charge in [0.2, 0.25) is 5.91 Å². The minimum atomic E-state index is -0.780. The molecule has 1 aliphatic heterocycles. The summed E-state index contributed by atoms with van der Waals surface area (Å²) < 4.78 is 0. The minimum Gasteiger partial charge on any atom is -0.285 e. The van der Waals surface area contributed by atoms with Gasteiger partial charge in [-0.25, -0.2) is 5.43 Å². The summed E-state index contributed by atoms with van der Waals surface area (Å²) in [7, 11) is 0. The second kappa shape index (κ2) is 8.75. The van der Waals surface area contributed by atoms with E-state index in [1.165, 1.54) is 0 Å². The van der Waals surface area contributed by atoms with Gasteiger partial charge in [0.05, 0.1) is 12.1 Å². The number of carbonyl (C=O) groups is 2. The minimum absolute atomic E-state index is 0.0721. The Kier molecular flexibility index (Phi) is 5.94. The van der Waals surface area contributed by atoms with Crippen LogP contribution in [0.3, 0.4) is 0 Å². The molecule has 0 aromatic heterocycles. The first-order valence-electron chi connectivity index (χ1n) is 8.67. The molecule has 0 bridgehead atoms. The number of aliphatic imine (C=N–C) groups is 1. The SMILES string of the molecule is C/C(=N/NC(=O)C[C@H]1N=C(Cc2ccccc2)NNC1=O)c1ccccc1. The van der Waals surface area contributed by atoms with Crippen molar-refractivity contribution in [3.8, 4) is 0 Å². The zero-order valence-electron chi connectivity index (χ0n) is 15.0. The van der Waals surface area contributed by atoms with Crippen molar-refractivity contribution in [3.05, 3.63) is 71.8 Å². The van der Waals surface area contributed by atoms with E-state index in [1.807, 2.05) is 67.6 Å². The fourth-order valence-electron chi connectivity index (χ4n) is 2.62. The van der Waals surface area contributed by atoms with Crippen molar-refractivity contribution >= 4 is 23.4 Å². The van der Waals surface area contributed by atoms with Gasteiger partial charge < -0.3 is 0 Å². The van der Waals surface area contributed by atoms with Crippen molar-refractivity contribution in [2.75, 3.05) is 0 Å². The van der Waals surface area contributed by atoms with Crippen LogP contribution in [0.1, 0.15) is 24.5 Å². The third-order valence-corrected chi connectivity index (χ3v) is 4.08. The third-order valence-electron chi connectivity index (χ3n) is 4.08. The Morgan fingerprint density at radius 1 is 1.07 bits per heavy atom. The molecule has 1 heterocycles. The number of hydrazine groups is 1. The first-order valence-corrected chi connectivity index (χ1v) is 8.67. The number of benzene rings is 2. The fourth-order valence-corrected chi connectivity index (χ4v) is 2.62. The summed E-state index contributed by atoms with van der Waals surface area (Å²) in [5.74, 6) is -0.0940. The normalized spacial score (nSPS) is 16.8. The Morgan fingerprint density at radius 3 is 2.44 bits per heavy atom. The molecule has 7 heteroatoms. The molecule has 27 heavy (non-hydrogen) atoms. The summed E-state index contributed by atoms with van der Waals surface area (Å²) in [6.07, 6.45) is 0.474. The number of hydrogen-bond acceptors (Lipinski definition) is 5. The molecule has 3 N–H and O–H groups in total. The molecule has 0 spiro atoms. The van der Waals surface area contributed by atoms with Gasteiger partial charge in [-0.15, -0.1) is 0 Å². The Bertz CT molecular complexity index is 862. The Morgan fingerprint density at radius 2 is 1.74 bits per heavy atom. The molecule has 1 aliphatic rings. The molecule has 0 aliphatic carbocycles. The Balaban J connectivity index is 1.60. The highest BCUT2D eigenvalue weighted by atomic mass is 16.2. The summed E-state index contributed by atoms with van der Waals surface area (Å²) in [5.41, 5.74) is 10.5. The van der Waals surface area contributed by atoms with Gasteiger partial charge in [0.15, 0.2) is 0 Å². The average molecular weight is 363 g/mol. The maximum atomic E-state index is 12.2. The van der Waals surface area contributed by atoms with E-state index in [0.29, 0.717) is 18.0 Å². The molecular weight excluding hydrogens is 342 g/mol. The fraction of sp³-hybridized carbons (Fsp3) is 0.200. The lowest BCUT2D eigenvalue weighted by Gasteiger charge is -2.21. The molecule has 3 rings (SSSR count). The highest BCUT2D eigenvalue weighted by Gasteiger charge is 2.25. The zero-order valence-corrected chi connectivity index (χ0v) is 15.0. The van der Waals surface area contributed by atoms with Gasteiger partial charge >= 0.3 is 0 Å². The van der Waals surface area contributed by atoms with Gasteiger partial charge in [-0.2, -0.15) is 5.10 Å². The van der Waals surface area contributed by atoms with E-state index >= 15 is 0 Å². The number of nitrogens with one attached hydrogen (secondary N) is 3. The van der Waals surface area contributed by atoms with Crippen LogP contribution in [-0.4, -0.2) is 29.4 Å². The molecule has 0 fully saturated rings.